The van der Waals surface area contributed by atoms with Gasteiger partial charge >= 0.3 is 0 Å². The minimum Gasteiger partial charge on any atom is -0.388 e. The van der Waals surface area contributed by atoms with Gasteiger partial charge in [-0.05, 0) is 38.2 Å². The first-order valence-electron chi connectivity index (χ1n) is 6.41. The normalized spacial score (nSPS) is 10.7. The van der Waals surface area contributed by atoms with Crippen molar-refractivity contribution >= 4 is 5.69 Å². The Labute approximate surface area is 114 Å². The van der Waals surface area contributed by atoms with Crippen molar-refractivity contribution in [3.63, 3.8) is 0 Å². The number of hydrogen-bond acceptors (Lipinski definition) is 4. The zero-order valence-corrected chi connectivity index (χ0v) is 11.7. The van der Waals surface area contributed by atoms with Crippen LogP contribution in [0.5, 0.6) is 0 Å². The van der Waals surface area contributed by atoms with Crippen molar-refractivity contribution in [2.24, 2.45) is 0 Å². The van der Waals surface area contributed by atoms with E-state index >= 15 is 0 Å². The summed E-state index contributed by atoms with van der Waals surface area (Å²) in [6, 6.07) is 10.2. The van der Waals surface area contributed by atoms with E-state index in [0.717, 1.165) is 35.9 Å². The summed E-state index contributed by atoms with van der Waals surface area (Å²) in [6.45, 7) is 3.65. The third kappa shape index (κ3) is 4.03. The highest BCUT2D eigenvalue weighted by Crippen LogP contribution is 2.10. The lowest BCUT2D eigenvalue weighted by Crippen LogP contribution is -2.18. The van der Waals surface area contributed by atoms with Crippen LogP contribution < -0.4 is 5.32 Å². The molecule has 0 atom stereocenters. The summed E-state index contributed by atoms with van der Waals surface area (Å²) in [6.07, 6.45) is 1.83. The Hall–Kier alpha value is -1.94. The van der Waals surface area contributed by atoms with E-state index in [-0.39, 0.29) is 0 Å². The number of aromatic nitrogens is 2. The molecule has 4 heteroatoms. The SMILES string of the molecule is CNc1ccnc(CN(C)Cc2cccc(C)n2)c1. The molecule has 0 amide bonds. The lowest BCUT2D eigenvalue weighted by Gasteiger charge is -2.16. The summed E-state index contributed by atoms with van der Waals surface area (Å²) < 4.78 is 0. The van der Waals surface area contributed by atoms with Crippen LogP contribution in [0.25, 0.3) is 0 Å². The minimum absolute atomic E-state index is 0.811. The van der Waals surface area contributed by atoms with Crippen LogP contribution in [0.3, 0.4) is 0 Å². The maximum absolute atomic E-state index is 4.51. The Morgan fingerprint density at radius 1 is 1.16 bits per heavy atom. The van der Waals surface area contributed by atoms with Crippen LogP contribution in [0.4, 0.5) is 5.69 Å². The second-order valence-corrected chi connectivity index (χ2v) is 4.73. The lowest BCUT2D eigenvalue weighted by atomic mass is 10.2. The monoisotopic (exact) mass is 256 g/mol. The van der Waals surface area contributed by atoms with Gasteiger partial charge in [-0.15, -0.1) is 0 Å². The summed E-state index contributed by atoms with van der Waals surface area (Å²) in [4.78, 5) is 11.1. The molecule has 2 heterocycles. The van der Waals surface area contributed by atoms with E-state index in [0.29, 0.717) is 0 Å². The maximum Gasteiger partial charge on any atom is 0.0564 e. The first-order valence-corrected chi connectivity index (χ1v) is 6.41. The Morgan fingerprint density at radius 3 is 2.68 bits per heavy atom. The Kier molecular flexibility index (Phi) is 4.47. The average Bonchev–Trinajstić information content (AvgIpc) is 2.38. The molecule has 0 unspecified atom stereocenters. The second kappa shape index (κ2) is 6.29. The molecule has 0 saturated heterocycles. The number of aryl methyl sites for hydroxylation is 1. The standard InChI is InChI=1S/C15H20N4/c1-12-5-4-6-14(18-12)10-19(3)11-15-9-13(16-2)7-8-17-15/h4-9H,10-11H2,1-3H3,(H,16,17). The third-order valence-corrected chi connectivity index (χ3v) is 2.92. The van der Waals surface area contributed by atoms with Crippen molar-refractivity contribution in [1.82, 2.24) is 14.9 Å². The predicted molar refractivity (Wildman–Crippen MR) is 77.9 cm³/mol. The molecule has 0 radical (unpaired) electrons. The van der Waals surface area contributed by atoms with Gasteiger partial charge in [-0.25, -0.2) is 0 Å². The summed E-state index contributed by atoms with van der Waals surface area (Å²) in [5, 5.41) is 3.13. The molecule has 0 aromatic carbocycles. The van der Waals surface area contributed by atoms with Crippen molar-refractivity contribution in [3.05, 3.63) is 53.6 Å². The summed E-state index contributed by atoms with van der Waals surface area (Å²) in [5.41, 5.74) is 4.29. The molecule has 0 saturated carbocycles. The predicted octanol–water partition coefficient (Wildman–Crippen LogP) is 2.46. The average molecular weight is 256 g/mol. The van der Waals surface area contributed by atoms with E-state index in [1.54, 1.807) is 0 Å². The first-order chi connectivity index (χ1) is 9.17. The Balaban J connectivity index is 1.98. The summed E-state index contributed by atoms with van der Waals surface area (Å²) >= 11 is 0. The van der Waals surface area contributed by atoms with Crippen LogP contribution in [-0.2, 0) is 13.1 Å². The molecule has 2 rings (SSSR count). The van der Waals surface area contributed by atoms with Crippen molar-refractivity contribution in [2.45, 2.75) is 20.0 Å². The number of pyridine rings is 2. The number of rotatable bonds is 5. The van der Waals surface area contributed by atoms with Crippen LogP contribution in [0, 0.1) is 6.92 Å². The Bertz CT molecular complexity index is 539. The fourth-order valence-corrected chi connectivity index (χ4v) is 2.02. The molecular weight excluding hydrogens is 236 g/mol. The molecule has 1 N–H and O–H groups in total. The van der Waals surface area contributed by atoms with E-state index in [1.165, 1.54) is 0 Å². The van der Waals surface area contributed by atoms with Crippen LogP contribution in [0.2, 0.25) is 0 Å². The molecule has 0 aliphatic heterocycles. The van der Waals surface area contributed by atoms with Crippen LogP contribution >= 0.6 is 0 Å². The fourth-order valence-electron chi connectivity index (χ4n) is 2.02. The van der Waals surface area contributed by atoms with Crippen LogP contribution in [-0.4, -0.2) is 29.0 Å². The molecule has 2 aromatic heterocycles. The van der Waals surface area contributed by atoms with Gasteiger partial charge in [-0.3, -0.25) is 14.9 Å². The number of nitrogens with zero attached hydrogens (tertiary/aromatic N) is 3. The van der Waals surface area contributed by atoms with Crippen LogP contribution in [0.15, 0.2) is 36.5 Å². The number of nitrogens with one attached hydrogen (secondary N) is 1. The van der Waals surface area contributed by atoms with E-state index in [2.05, 4.69) is 39.4 Å². The largest absolute Gasteiger partial charge is 0.388 e. The maximum atomic E-state index is 4.51. The van der Waals surface area contributed by atoms with Crippen molar-refractivity contribution in [2.75, 3.05) is 19.4 Å². The van der Waals surface area contributed by atoms with E-state index in [9.17, 15) is 0 Å². The highest BCUT2D eigenvalue weighted by Gasteiger charge is 2.04. The zero-order chi connectivity index (χ0) is 13.7. The van der Waals surface area contributed by atoms with E-state index in [1.807, 2.05) is 38.4 Å². The second-order valence-electron chi connectivity index (χ2n) is 4.73. The minimum atomic E-state index is 0.811. The van der Waals surface area contributed by atoms with Gasteiger partial charge in [0.15, 0.2) is 0 Å². The molecule has 0 bridgehead atoms. The molecule has 0 aliphatic carbocycles. The first kappa shape index (κ1) is 13.5. The quantitative estimate of drug-likeness (QED) is 0.892. The number of hydrogen-bond donors (Lipinski definition) is 1. The van der Waals surface area contributed by atoms with Crippen molar-refractivity contribution < 1.29 is 0 Å². The summed E-state index contributed by atoms with van der Waals surface area (Å²) in [7, 11) is 4.00. The molecule has 0 aliphatic rings. The van der Waals surface area contributed by atoms with E-state index in [4.69, 9.17) is 0 Å². The molecule has 19 heavy (non-hydrogen) atoms. The van der Waals surface area contributed by atoms with Gasteiger partial charge in [0.2, 0.25) is 0 Å². The molecule has 100 valence electrons. The van der Waals surface area contributed by atoms with Gasteiger partial charge in [0, 0.05) is 37.7 Å². The lowest BCUT2D eigenvalue weighted by molar-refractivity contribution is 0.311. The molecule has 0 fully saturated rings. The van der Waals surface area contributed by atoms with Gasteiger partial charge < -0.3 is 5.32 Å². The van der Waals surface area contributed by atoms with Crippen molar-refractivity contribution in [1.29, 1.82) is 0 Å². The summed E-state index contributed by atoms with van der Waals surface area (Å²) in [5.74, 6) is 0. The molecule has 2 aromatic rings. The fraction of sp³-hybridized carbons (Fsp3) is 0.333. The van der Waals surface area contributed by atoms with Gasteiger partial charge in [0.05, 0.1) is 11.4 Å². The smallest absolute Gasteiger partial charge is 0.0564 e. The van der Waals surface area contributed by atoms with E-state index < -0.39 is 0 Å². The topological polar surface area (TPSA) is 41.1 Å². The van der Waals surface area contributed by atoms with Gasteiger partial charge in [-0.2, -0.15) is 0 Å². The van der Waals surface area contributed by atoms with Crippen molar-refractivity contribution in [3.8, 4) is 0 Å². The third-order valence-electron chi connectivity index (χ3n) is 2.92. The molecule has 4 nitrogen and oxygen atoms in total. The van der Waals surface area contributed by atoms with Gasteiger partial charge in [-0.1, -0.05) is 6.07 Å². The molecular formula is C15H20N4. The number of anilines is 1. The van der Waals surface area contributed by atoms with Crippen LogP contribution in [0.1, 0.15) is 17.1 Å². The Morgan fingerprint density at radius 2 is 1.95 bits per heavy atom. The highest BCUT2D eigenvalue weighted by atomic mass is 15.1. The zero-order valence-electron chi connectivity index (χ0n) is 11.7. The van der Waals surface area contributed by atoms with Gasteiger partial charge in [0.25, 0.3) is 0 Å². The van der Waals surface area contributed by atoms with Gasteiger partial charge in [0.1, 0.15) is 0 Å². The molecule has 0 spiro atoms. The highest BCUT2D eigenvalue weighted by molar-refractivity contribution is 5.42.